The standard InChI is InChI=1S/C23H26ClN3O4S3/c1-15-11-17(24)12-19-21(15)25-23(33-19)27(14-18-6-3-9-31-18)22(28)16-5-2-8-26(13-16)34(29,30)20-7-4-10-32-20/h4,7,10-12,16,18H,2-3,5-6,8-9,13-14H2,1H3. The van der Waals surface area contributed by atoms with Gasteiger partial charge in [-0.2, -0.15) is 4.31 Å². The third-order valence-corrected chi connectivity index (χ3v) is 10.9. The highest BCUT2D eigenvalue weighted by atomic mass is 35.5. The van der Waals surface area contributed by atoms with E-state index in [1.807, 2.05) is 19.1 Å². The fourth-order valence-electron chi connectivity index (χ4n) is 4.63. The number of thiazole rings is 1. The van der Waals surface area contributed by atoms with Gasteiger partial charge in [0.15, 0.2) is 5.13 Å². The van der Waals surface area contributed by atoms with Crippen molar-refractivity contribution in [2.75, 3.05) is 31.1 Å². The number of hydrogen-bond acceptors (Lipinski definition) is 7. The molecular formula is C23H26ClN3O4S3. The molecule has 0 spiro atoms. The average molecular weight is 540 g/mol. The van der Waals surface area contributed by atoms with E-state index >= 15 is 0 Å². The largest absolute Gasteiger partial charge is 0.376 e. The van der Waals surface area contributed by atoms with Gasteiger partial charge >= 0.3 is 0 Å². The minimum atomic E-state index is -3.60. The number of thiophene rings is 1. The summed E-state index contributed by atoms with van der Waals surface area (Å²) in [5, 5.41) is 3.00. The number of anilines is 1. The van der Waals surface area contributed by atoms with Crippen molar-refractivity contribution in [3.05, 3.63) is 40.2 Å². The maximum absolute atomic E-state index is 13.9. The molecule has 0 aliphatic carbocycles. The highest BCUT2D eigenvalue weighted by Gasteiger charge is 2.37. The van der Waals surface area contributed by atoms with Crippen molar-refractivity contribution in [3.63, 3.8) is 0 Å². The van der Waals surface area contributed by atoms with E-state index in [0.29, 0.717) is 46.9 Å². The van der Waals surface area contributed by atoms with Crippen molar-refractivity contribution in [2.24, 2.45) is 5.92 Å². The van der Waals surface area contributed by atoms with Gasteiger partial charge in [0.05, 0.1) is 28.8 Å². The number of fused-ring (bicyclic) bond motifs is 1. The number of sulfonamides is 1. The van der Waals surface area contributed by atoms with Gasteiger partial charge in [0.25, 0.3) is 10.0 Å². The number of ether oxygens (including phenoxy) is 1. The number of aromatic nitrogens is 1. The molecule has 0 bridgehead atoms. The van der Waals surface area contributed by atoms with Crippen molar-refractivity contribution in [1.82, 2.24) is 9.29 Å². The highest BCUT2D eigenvalue weighted by molar-refractivity contribution is 7.91. The number of halogens is 1. The maximum atomic E-state index is 13.9. The van der Waals surface area contributed by atoms with Crippen molar-refractivity contribution in [2.45, 2.75) is 42.9 Å². The lowest BCUT2D eigenvalue weighted by atomic mass is 9.98. The van der Waals surface area contributed by atoms with Gasteiger partial charge in [-0.05, 0) is 61.7 Å². The minimum absolute atomic E-state index is 0.0461. The van der Waals surface area contributed by atoms with Crippen LogP contribution < -0.4 is 4.90 Å². The zero-order valence-corrected chi connectivity index (χ0v) is 22.0. The summed E-state index contributed by atoms with van der Waals surface area (Å²) in [6.45, 7) is 3.67. The Morgan fingerprint density at radius 3 is 2.91 bits per heavy atom. The van der Waals surface area contributed by atoms with Gasteiger partial charge < -0.3 is 4.74 Å². The van der Waals surface area contributed by atoms with Gasteiger partial charge in [-0.3, -0.25) is 9.69 Å². The van der Waals surface area contributed by atoms with Crippen molar-refractivity contribution < 1.29 is 17.9 Å². The van der Waals surface area contributed by atoms with Crippen molar-refractivity contribution in [3.8, 4) is 0 Å². The van der Waals surface area contributed by atoms with E-state index in [9.17, 15) is 13.2 Å². The number of carbonyl (C=O) groups is 1. The van der Waals surface area contributed by atoms with Crippen LogP contribution in [0.15, 0.2) is 33.9 Å². The van der Waals surface area contributed by atoms with Gasteiger partial charge in [-0.15, -0.1) is 11.3 Å². The maximum Gasteiger partial charge on any atom is 0.252 e. The summed E-state index contributed by atoms with van der Waals surface area (Å²) in [6, 6.07) is 7.09. The van der Waals surface area contributed by atoms with E-state index in [-0.39, 0.29) is 18.6 Å². The van der Waals surface area contributed by atoms with Crippen LogP contribution in [0.2, 0.25) is 5.02 Å². The first kappa shape index (κ1) is 24.1. The third-order valence-electron chi connectivity index (χ3n) is 6.37. The molecule has 2 saturated heterocycles. The topological polar surface area (TPSA) is 79.8 Å². The molecule has 2 unspecified atom stereocenters. The monoisotopic (exact) mass is 539 g/mol. The van der Waals surface area contributed by atoms with Crippen molar-refractivity contribution in [1.29, 1.82) is 0 Å². The van der Waals surface area contributed by atoms with Crippen LogP contribution >= 0.6 is 34.3 Å². The van der Waals surface area contributed by atoms with Gasteiger partial charge in [0.1, 0.15) is 4.21 Å². The van der Waals surface area contributed by atoms with Crippen LogP contribution in [0.1, 0.15) is 31.2 Å². The lowest BCUT2D eigenvalue weighted by Gasteiger charge is -2.34. The number of hydrogen-bond donors (Lipinski definition) is 0. The smallest absolute Gasteiger partial charge is 0.252 e. The Hall–Kier alpha value is -1.56. The van der Waals surface area contributed by atoms with Gasteiger partial charge in [0.2, 0.25) is 5.91 Å². The number of nitrogens with zero attached hydrogens (tertiary/aromatic N) is 3. The molecule has 2 aromatic heterocycles. The van der Waals surface area contributed by atoms with Crippen molar-refractivity contribution >= 4 is 65.6 Å². The molecule has 5 rings (SSSR count). The summed E-state index contributed by atoms with van der Waals surface area (Å²) in [4.78, 5) is 20.4. The first-order valence-electron chi connectivity index (χ1n) is 11.4. The molecule has 7 nitrogen and oxygen atoms in total. The van der Waals surface area contributed by atoms with Gasteiger partial charge in [-0.1, -0.05) is 29.0 Å². The van der Waals surface area contributed by atoms with Gasteiger partial charge in [-0.25, -0.2) is 13.4 Å². The Morgan fingerprint density at radius 2 is 2.18 bits per heavy atom. The normalized spacial score (nSPS) is 21.8. The van der Waals surface area contributed by atoms with E-state index in [1.165, 1.54) is 27.0 Å². The summed E-state index contributed by atoms with van der Waals surface area (Å²) in [7, 11) is -3.60. The summed E-state index contributed by atoms with van der Waals surface area (Å²) in [5.41, 5.74) is 1.79. The van der Waals surface area contributed by atoms with Crippen LogP contribution in [0.5, 0.6) is 0 Å². The number of aryl methyl sites for hydroxylation is 1. The van der Waals surface area contributed by atoms with Crippen LogP contribution in [0.25, 0.3) is 10.2 Å². The lowest BCUT2D eigenvalue weighted by Crippen LogP contribution is -2.48. The molecule has 34 heavy (non-hydrogen) atoms. The molecule has 11 heteroatoms. The molecule has 2 fully saturated rings. The summed E-state index contributed by atoms with van der Waals surface area (Å²) >= 11 is 8.89. The third kappa shape index (κ3) is 4.76. The number of carbonyl (C=O) groups excluding carboxylic acids is 1. The molecule has 0 saturated carbocycles. The first-order valence-corrected chi connectivity index (χ1v) is 14.9. The molecule has 2 aliphatic heterocycles. The van der Waals surface area contributed by atoms with E-state index in [4.69, 9.17) is 21.3 Å². The molecule has 4 heterocycles. The Kier molecular flexibility index (Phi) is 6.98. The van der Waals surface area contributed by atoms with E-state index in [1.54, 1.807) is 22.4 Å². The second-order valence-corrected chi connectivity index (χ2v) is 13.3. The Balaban J connectivity index is 1.44. The second-order valence-electron chi connectivity index (χ2n) is 8.78. The molecule has 1 amide bonds. The quantitative estimate of drug-likeness (QED) is 0.443. The molecule has 182 valence electrons. The summed E-state index contributed by atoms with van der Waals surface area (Å²) in [5.74, 6) is -0.522. The van der Waals surface area contributed by atoms with Crippen LogP contribution in [-0.2, 0) is 19.6 Å². The predicted molar refractivity (Wildman–Crippen MR) is 136 cm³/mol. The molecule has 2 aliphatic rings. The average Bonchev–Trinajstić information content (AvgIpc) is 3.59. The molecular weight excluding hydrogens is 514 g/mol. The molecule has 1 aromatic carbocycles. The van der Waals surface area contributed by atoms with Crippen LogP contribution in [0.3, 0.4) is 0 Å². The zero-order valence-electron chi connectivity index (χ0n) is 18.8. The van der Waals surface area contributed by atoms with Gasteiger partial charge in [0, 0.05) is 24.7 Å². The molecule has 2 atom stereocenters. The Morgan fingerprint density at radius 1 is 1.32 bits per heavy atom. The molecule has 3 aromatic rings. The lowest BCUT2D eigenvalue weighted by molar-refractivity contribution is -0.123. The number of rotatable bonds is 6. The fourth-order valence-corrected chi connectivity index (χ4v) is 8.74. The number of benzene rings is 1. The first-order chi connectivity index (χ1) is 16.3. The van der Waals surface area contributed by atoms with E-state index < -0.39 is 15.9 Å². The Bertz CT molecular complexity index is 1290. The number of amides is 1. The van der Waals surface area contributed by atoms with Crippen LogP contribution in [-0.4, -0.2) is 56.0 Å². The Labute approximate surface area is 212 Å². The minimum Gasteiger partial charge on any atom is -0.376 e. The summed E-state index contributed by atoms with van der Waals surface area (Å²) < 4.78 is 34.7. The highest BCUT2D eigenvalue weighted by Crippen LogP contribution is 2.35. The van der Waals surface area contributed by atoms with E-state index in [0.717, 1.165) is 28.6 Å². The predicted octanol–water partition coefficient (Wildman–Crippen LogP) is 4.93. The fraction of sp³-hybridized carbons (Fsp3) is 0.478. The zero-order chi connectivity index (χ0) is 23.9. The van der Waals surface area contributed by atoms with Crippen LogP contribution in [0.4, 0.5) is 5.13 Å². The molecule has 0 N–H and O–H groups in total. The molecule has 0 radical (unpaired) electrons. The second kappa shape index (κ2) is 9.83. The van der Waals surface area contributed by atoms with Crippen LogP contribution in [0, 0.1) is 12.8 Å². The summed E-state index contributed by atoms with van der Waals surface area (Å²) in [6.07, 6.45) is 3.10. The SMILES string of the molecule is Cc1cc(Cl)cc2sc(N(CC3CCCO3)C(=O)C3CCCN(S(=O)(=O)c4cccs4)C3)nc12. The van der Waals surface area contributed by atoms with E-state index in [2.05, 4.69) is 0 Å². The number of piperidine rings is 1.